The second-order valence-electron chi connectivity index (χ2n) is 4.45. The second kappa shape index (κ2) is 10.1. The van der Waals surface area contributed by atoms with Gasteiger partial charge in [0.1, 0.15) is 6.10 Å². The van der Waals surface area contributed by atoms with Crippen LogP contribution in [0.3, 0.4) is 0 Å². The van der Waals surface area contributed by atoms with Crippen LogP contribution < -0.4 is 5.32 Å². The van der Waals surface area contributed by atoms with E-state index in [1.165, 1.54) is 0 Å². The van der Waals surface area contributed by atoms with Gasteiger partial charge in [-0.3, -0.25) is 9.59 Å². The van der Waals surface area contributed by atoms with Crippen LogP contribution in [0.4, 0.5) is 0 Å². The maximum atomic E-state index is 12.0. The molecule has 0 radical (unpaired) electrons. The summed E-state index contributed by atoms with van der Waals surface area (Å²) in [6.07, 6.45) is -1.19. The summed E-state index contributed by atoms with van der Waals surface area (Å²) in [6, 6.07) is 6.97. The highest BCUT2D eigenvalue weighted by molar-refractivity contribution is 9.10. The van der Waals surface area contributed by atoms with Gasteiger partial charge in [-0.2, -0.15) is 0 Å². The molecule has 0 saturated heterocycles. The van der Waals surface area contributed by atoms with E-state index < -0.39 is 12.4 Å². The lowest BCUT2D eigenvalue weighted by Gasteiger charge is -2.20. The first-order chi connectivity index (χ1) is 10.5. The number of carbonyl (C=O) groups is 2. The highest BCUT2D eigenvalue weighted by Gasteiger charge is 2.21. The minimum absolute atomic E-state index is 0.0731. The Morgan fingerprint density at radius 1 is 1.27 bits per heavy atom. The predicted octanol–water partition coefficient (Wildman–Crippen LogP) is 2.91. The molecule has 0 bridgehead atoms. The van der Waals surface area contributed by atoms with Gasteiger partial charge in [-0.05, 0) is 26.0 Å². The Bertz CT molecular complexity index is 493. The summed E-state index contributed by atoms with van der Waals surface area (Å²) in [5, 5.41) is 2.91. The van der Waals surface area contributed by atoms with Crippen LogP contribution in [0.25, 0.3) is 0 Å². The average molecular weight is 437 g/mol. The van der Waals surface area contributed by atoms with Crippen molar-refractivity contribution < 1.29 is 19.1 Å². The van der Waals surface area contributed by atoms with Crippen molar-refractivity contribution in [2.24, 2.45) is 0 Å². The number of Topliss-reactive ketones (excluding diaryl/α,β-unsaturated/α-hetero) is 1. The van der Waals surface area contributed by atoms with Crippen molar-refractivity contribution in [2.45, 2.75) is 26.2 Å². The van der Waals surface area contributed by atoms with E-state index in [4.69, 9.17) is 9.47 Å². The molecule has 1 amide bonds. The number of benzene rings is 1. The molecule has 1 rings (SSSR count). The Labute approximate surface area is 147 Å². The number of carbonyl (C=O) groups excluding carboxylic acids is 2. The van der Waals surface area contributed by atoms with Crippen LogP contribution in [0.5, 0.6) is 0 Å². The fraction of sp³-hybridized carbons (Fsp3) is 0.467. The smallest absolute Gasteiger partial charge is 0.250 e. The van der Waals surface area contributed by atoms with Gasteiger partial charge in [-0.1, -0.05) is 44.0 Å². The standard InChI is InChI=1S/C15H19Br2NO4/c1-3-21-10(2)22-14(8-16)15(20)18-9-13(19)11-4-6-12(17)7-5-11/h4-7,10,14H,3,8-9H2,1-2H3,(H,18,20)/t10?,14-/m0/s1. The van der Waals surface area contributed by atoms with Crippen LogP contribution in [0.2, 0.25) is 0 Å². The number of nitrogens with one attached hydrogen (secondary N) is 1. The minimum atomic E-state index is -0.709. The fourth-order valence-electron chi connectivity index (χ4n) is 1.69. The molecule has 0 saturated carbocycles. The molecule has 22 heavy (non-hydrogen) atoms. The molecule has 0 aliphatic heterocycles. The Morgan fingerprint density at radius 3 is 2.45 bits per heavy atom. The summed E-state index contributed by atoms with van der Waals surface area (Å²) >= 11 is 6.53. The zero-order chi connectivity index (χ0) is 16.5. The van der Waals surface area contributed by atoms with Crippen molar-refractivity contribution in [3.8, 4) is 0 Å². The van der Waals surface area contributed by atoms with E-state index >= 15 is 0 Å². The molecule has 1 aromatic rings. The van der Waals surface area contributed by atoms with E-state index in [0.29, 0.717) is 17.5 Å². The van der Waals surface area contributed by atoms with Crippen LogP contribution in [0.1, 0.15) is 24.2 Å². The molecule has 0 spiro atoms. The van der Waals surface area contributed by atoms with Crippen LogP contribution in [-0.2, 0) is 14.3 Å². The first kappa shape index (κ1) is 19.3. The molecule has 1 aromatic carbocycles. The van der Waals surface area contributed by atoms with Gasteiger partial charge in [0.2, 0.25) is 0 Å². The van der Waals surface area contributed by atoms with Gasteiger partial charge in [0.05, 0.1) is 6.54 Å². The number of hydrogen-bond acceptors (Lipinski definition) is 4. The average Bonchev–Trinajstić information content (AvgIpc) is 2.50. The van der Waals surface area contributed by atoms with Crippen molar-refractivity contribution in [1.29, 1.82) is 0 Å². The topological polar surface area (TPSA) is 64.6 Å². The molecular formula is C15H19Br2NO4. The lowest BCUT2D eigenvalue weighted by Crippen LogP contribution is -2.41. The summed E-state index contributed by atoms with van der Waals surface area (Å²) in [7, 11) is 0. The van der Waals surface area contributed by atoms with Gasteiger partial charge in [0, 0.05) is 22.0 Å². The fourth-order valence-corrected chi connectivity index (χ4v) is 2.40. The highest BCUT2D eigenvalue weighted by atomic mass is 79.9. The van der Waals surface area contributed by atoms with Crippen molar-refractivity contribution in [1.82, 2.24) is 5.32 Å². The van der Waals surface area contributed by atoms with Gasteiger partial charge in [-0.15, -0.1) is 0 Å². The third-order valence-corrected chi connectivity index (χ3v) is 3.90. The molecule has 0 heterocycles. The Hall–Kier alpha value is -0.760. The van der Waals surface area contributed by atoms with Gasteiger partial charge in [-0.25, -0.2) is 0 Å². The highest BCUT2D eigenvalue weighted by Crippen LogP contribution is 2.11. The first-order valence-electron chi connectivity index (χ1n) is 6.87. The molecule has 2 atom stereocenters. The van der Waals surface area contributed by atoms with Crippen molar-refractivity contribution in [3.63, 3.8) is 0 Å². The normalized spacial score (nSPS) is 13.5. The first-order valence-corrected chi connectivity index (χ1v) is 8.78. The molecule has 1 unspecified atom stereocenters. The van der Waals surface area contributed by atoms with Gasteiger partial charge in [0.15, 0.2) is 12.1 Å². The van der Waals surface area contributed by atoms with Crippen molar-refractivity contribution in [3.05, 3.63) is 34.3 Å². The number of halogens is 2. The van der Waals surface area contributed by atoms with Crippen LogP contribution in [0, 0.1) is 0 Å². The minimum Gasteiger partial charge on any atom is -0.353 e. The zero-order valence-electron chi connectivity index (χ0n) is 12.5. The third-order valence-electron chi connectivity index (χ3n) is 2.78. The number of rotatable bonds is 9. The largest absolute Gasteiger partial charge is 0.353 e. The van der Waals surface area contributed by atoms with E-state index in [1.807, 2.05) is 6.92 Å². The molecular weight excluding hydrogens is 418 g/mol. The monoisotopic (exact) mass is 435 g/mol. The van der Waals surface area contributed by atoms with E-state index in [0.717, 1.165) is 4.47 Å². The van der Waals surface area contributed by atoms with Crippen molar-refractivity contribution >= 4 is 43.6 Å². The van der Waals surface area contributed by atoms with Crippen LogP contribution in [0.15, 0.2) is 28.7 Å². The van der Waals surface area contributed by atoms with E-state index in [2.05, 4.69) is 37.2 Å². The third kappa shape index (κ3) is 6.56. The summed E-state index contributed by atoms with van der Waals surface area (Å²) in [6.45, 7) is 4.00. The number of alkyl halides is 1. The van der Waals surface area contributed by atoms with Gasteiger partial charge < -0.3 is 14.8 Å². The van der Waals surface area contributed by atoms with Crippen LogP contribution in [-0.4, -0.2) is 42.6 Å². The molecule has 0 aromatic heterocycles. The summed E-state index contributed by atoms with van der Waals surface area (Å²) < 4.78 is 11.6. The SMILES string of the molecule is CCOC(C)O[C@@H](CBr)C(=O)NCC(=O)c1ccc(Br)cc1. The van der Waals surface area contributed by atoms with E-state index in [1.54, 1.807) is 31.2 Å². The van der Waals surface area contributed by atoms with Crippen molar-refractivity contribution in [2.75, 3.05) is 18.5 Å². The predicted molar refractivity (Wildman–Crippen MR) is 91.2 cm³/mol. The number of amides is 1. The molecule has 0 aliphatic rings. The number of ether oxygens (including phenoxy) is 2. The molecule has 5 nitrogen and oxygen atoms in total. The molecule has 7 heteroatoms. The molecule has 0 aliphatic carbocycles. The summed E-state index contributed by atoms with van der Waals surface area (Å²) in [5.74, 6) is -0.513. The van der Waals surface area contributed by atoms with E-state index in [9.17, 15) is 9.59 Å². The maximum absolute atomic E-state index is 12.0. The molecule has 0 fully saturated rings. The number of hydrogen-bond donors (Lipinski definition) is 1. The molecule has 122 valence electrons. The summed E-state index contributed by atoms with van der Waals surface area (Å²) in [5.41, 5.74) is 0.544. The lowest BCUT2D eigenvalue weighted by atomic mass is 10.1. The quantitative estimate of drug-likeness (QED) is 0.367. The Morgan fingerprint density at radius 2 is 1.91 bits per heavy atom. The maximum Gasteiger partial charge on any atom is 0.250 e. The second-order valence-corrected chi connectivity index (χ2v) is 6.01. The summed E-state index contributed by atoms with van der Waals surface area (Å²) in [4.78, 5) is 24.0. The molecule has 1 N–H and O–H groups in total. The van der Waals surface area contributed by atoms with Crippen LogP contribution >= 0.6 is 31.9 Å². The Kier molecular flexibility index (Phi) is 8.85. The zero-order valence-corrected chi connectivity index (χ0v) is 15.6. The Balaban J connectivity index is 2.49. The van der Waals surface area contributed by atoms with Gasteiger partial charge >= 0.3 is 0 Å². The van der Waals surface area contributed by atoms with E-state index in [-0.39, 0.29) is 18.2 Å². The van der Waals surface area contributed by atoms with Gasteiger partial charge in [0.25, 0.3) is 5.91 Å². The number of ketones is 1. The lowest BCUT2D eigenvalue weighted by molar-refractivity contribution is -0.166.